The minimum atomic E-state index is -0.608. The highest BCUT2D eigenvalue weighted by atomic mass is 16.5. The van der Waals surface area contributed by atoms with Crippen molar-refractivity contribution in [3.8, 4) is 0 Å². The number of aromatic nitrogens is 3. The topological polar surface area (TPSA) is 89.7 Å². The second-order valence-corrected chi connectivity index (χ2v) is 7.24. The first kappa shape index (κ1) is 16.0. The van der Waals surface area contributed by atoms with Crippen LogP contribution in [0.4, 0.5) is 0 Å². The minimum Gasteiger partial charge on any atom is -0.388 e. The van der Waals surface area contributed by atoms with E-state index >= 15 is 0 Å². The zero-order valence-electron chi connectivity index (χ0n) is 13.8. The van der Waals surface area contributed by atoms with Gasteiger partial charge in [0, 0.05) is 18.5 Å². The van der Waals surface area contributed by atoms with E-state index in [9.17, 15) is 9.90 Å². The van der Waals surface area contributed by atoms with Crippen LogP contribution in [0.2, 0.25) is 0 Å². The van der Waals surface area contributed by atoms with Gasteiger partial charge in [-0.1, -0.05) is 18.1 Å². The first-order chi connectivity index (χ1) is 11.7. The zero-order valence-corrected chi connectivity index (χ0v) is 13.8. The summed E-state index contributed by atoms with van der Waals surface area (Å²) < 4.78 is 12.5. The zero-order chi connectivity index (χ0) is 16.6. The van der Waals surface area contributed by atoms with E-state index in [1.54, 1.807) is 10.9 Å². The summed E-state index contributed by atoms with van der Waals surface area (Å²) in [6, 6.07) is -0.271. The molecular weight excluding hydrogens is 312 g/mol. The molecule has 1 aromatic rings. The van der Waals surface area contributed by atoms with Gasteiger partial charge in [-0.25, -0.2) is 4.68 Å². The molecule has 0 bridgehead atoms. The van der Waals surface area contributed by atoms with Crippen molar-refractivity contribution in [1.29, 1.82) is 0 Å². The van der Waals surface area contributed by atoms with Crippen LogP contribution in [0, 0.1) is 5.41 Å². The summed E-state index contributed by atoms with van der Waals surface area (Å²) in [6.07, 6.45) is 5.67. The van der Waals surface area contributed by atoms with E-state index in [2.05, 4.69) is 10.3 Å². The van der Waals surface area contributed by atoms with Gasteiger partial charge in [-0.3, -0.25) is 4.79 Å². The highest BCUT2D eigenvalue weighted by Gasteiger charge is 2.39. The molecule has 4 rings (SSSR count). The van der Waals surface area contributed by atoms with Crippen LogP contribution in [0.25, 0.3) is 0 Å². The SMILES string of the molecule is O=C(c1cn([C@@H]2COC[C@H]2O)nn1)N1CCOCC2(CCCC2)C1. The Morgan fingerprint density at radius 1 is 1.29 bits per heavy atom. The molecular formula is C16H24N4O4. The van der Waals surface area contributed by atoms with Crippen LogP contribution in [0.5, 0.6) is 0 Å². The molecule has 8 nitrogen and oxygen atoms in total. The Kier molecular flexibility index (Phi) is 4.28. The lowest BCUT2D eigenvalue weighted by Crippen LogP contribution is -2.40. The lowest BCUT2D eigenvalue weighted by atomic mass is 9.86. The predicted molar refractivity (Wildman–Crippen MR) is 83.5 cm³/mol. The second kappa shape index (κ2) is 6.42. The number of rotatable bonds is 2. The first-order valence-corrected chi connectivity index (χ1v) is 8.72. The van der Waals surface area contributed by atoms with Crippen molar-refractivity contribution in [2.24, 2.45) is 5.41 Å². The largest absolute Gasteiger partial charge is 0.388 e. The maximum atomic E-state index is 12.9. The van der Waals surface area contributed by atoms with E-state index in [0.717, 1.165) is 26.0 Å². The third-order valence-corrected chi connectivity index (χ3v) is 5.48. The van der Waals surface area contributed by atoms with Crippen LogP contribution in [0.3, 0.4) is 0 Å². The summed E-state index contributed by atoms with van der Waals surface area (Å²) in [4.78, 5) is 14.7. The minimum absolute atomic E-state index is 0.105. The van der Waals surface area contributed by atoms with Crippen molar-refractivity contribution in [3.05, 3.63) is 11.9 Å². The van der Waals surface area contributed by atoms with Crippen molar-refractivity contribution >= 4 is 5.91 Å². The summed E-state index contributed by atoms with van der Waals surface area (Å²) in [5, 5.41) is 17.9. The van der Waals surface area contributed by atoms with Gasteiger partial charge < -0.3 is 19.5 Å². The van der Waals surface area contributed by atoms with Gasteiger partial charge in [-0.2, -0.15) is 0 Å². The first-order valence-electron chi connectivity index (χ1n) is 8.72. The van der Waals surface area contributed by atoms with Crippen LogP contribution >= 0.6 is 0 Å². The summed E-state index contributed by atoms with van der Waals surface area (Å²) in [5.41, 5.74) is 0.432. The van der Waals surface area contributed by atoms with Gasteiger partial charge in [0.25, 0.3) is 5.91 Å². The van der Waals surface area contributed by atoms with Crippen molar-refractivity contribution in [2.45, 2.75) is 37.8 Å². The Morgan fingerprint density at radius 2 is 2.12 bits per heavy atom. The molecule has 0 radical (unpaired) electrons. The van der Waals surface area contributed by atoms with E-state index < -0.39 is 6.10 Å². The Morgan fingerprint density at radius 3 is 2.88 bits per heavy atom. The predicted octanol–water partition coefficient (Wildman–Crippen LogP) is 0.243. The Hall–Kier alpha value is -1.51. The second-order valence-electron chi connectivity index (χ2n) is 7.24. The summed E-state index contributed by atoms with van der Waals surface area (Å²) in [7, 11) is 0. The van der Waals surface area contributed by atoms with Crippen LogP contribution < -0.4 is 0 Å². The highest BCUT2D eigenvalue weighted by Crippen LogP contribution is 2.40. The molecule has 2 saturated heterocycles. The molecule has 1 spiro atoms. The molecule has 3 heterocycles. The Bertz CT molecular complexity index is 599. The van der Waals surface area contributed by atoms with E-state index in [1.807, 2.05) is 4.90 Å². The maximum absolute atomic E-state index is 12.9. The summed E-state index contributed by atoms with van der Waals surface area (Å²) in [6.45, 7) is 3.31. The summed E-state index contributed by atoms with van der Waals surface area (Å²) >= 11 is 0. The molecule has 3 fully saturated rings. The molecule has 1 aliphatic carbocycles. The average molecular weight is 336 g/mol. The Balaban J connectivity index is 1.49. The van der Waals surface area contributed by atoms with E-state index in [1.165, 1.54) is 12.8 Å². The number of aliphatic hydroxyl groups excluding tert-OH is 1. The molecule has 8 heteroatoms. The van der Waals surface area contributed by atoms with Crippen LogP contribution in [0.1, 0.15) is 42.2 Å². The monoisotopic (exact) mass is 336 g/mol. The quantitative estimate of drug-likeness (QED) is 0.832. The standard InChI is InChI=1S/C16H24N4O4/c21-14-9-24-8-13(14)20-7-12(17-18-20)15(22)19-5-6-23-11-16(10-19)3-1-2-4-16/h7,13-14,21H,1-6,8-11H2/t13-,14-/m1/s1. The molecule has 1 amide bonds. The average Bonchev–Trinajstić information content (AvgIpc) is 3.27. The number of hydrogen-bond donors (Lipinski definition) is 1. The van der Waals surface area contributed by atoms with Crippen LogP contribution in [0.15, 0.2) is 6.20 Å². The highest BCUT2D eigenvalue weighted by molar-refractivity contribution is 5.92. The molecule has 24 heavy (non-hydrogen) atoms. The van der Waals surface area contributed by atoms with Crippen LogP contribution in [-0.2, 0) is 9.47 Å². The number of carbonyl (C=O) groups excluding carboxylic acids is 1. The smallest absolute Gasteiger partial charge is 0.276 e. The molecule has 0 unspecified atom stereocenters. The normalized spacial score (nSPS) is 30.0. The lowest BCUT2D eigenvalue weighted by Gasteiger charge is -2.31. The van der Waals surface area contributed by atoms with Gasteiger partial charge in [0.15, 0.2) is 5.69 Å². The number of carbonyl (C=O) groups is 1. The van der Waals surface area contributed by atoms with E-state index in [4.69, 9.17) is 9.47 Å². The maximum Gasteiger partial charge on any atom is 0.276 e. The molecule has 2 aliphatic heterocycles. The van der Waals surface area contributed by atoms with E-state index in [0.29, 0.717) is 32.1 Å². The molecule has 1 saturated carbocycles. The van der Waals surface area contributed by atoms with Gasteiger partial charge in [-0.05, 0) is 12.8 Å². The molecule has 132 valence electrons. The van der Waals surface area contributed by atoms with Crippen molar-refractivity contribution in [1.82, 2.24) is 19.9 Å². The van der Waals surface area contributed by atoms with Crippen molar-refractivity contribution < 1.29 is 19.4 Å². The fourth-order valence-electron chi connectivity index (χ4n) is 4.08. The molecule has 3 aliphatic rings. The summed E-state index contributed by atoms with van der Waals surface area (Å²) in [5.74, 6) is -0.105. The fourth-order valence-corrected chi connectivity index (χ4v) is 4.08. The van der Waals surface area contributed by atoms with Gasteiger partial charge in [0.05, 0.1) is 32.6 Å². The lowest BCUT2D eigenvalue weighted by molar-refractivity contribution is 0.0641. The van der Waals surface area contributed by atoms with Crippen molar-refractivity contribution in [2.75, 3.05) is 39.5 Å². The number of hydrogen-bond acceptors (Lipinski definition) is 6. The van der Waals surface area contributed by atoms with Gasteiger partial charge in [0.2, 0.25) is 0 Å². The number of nitrogens with zero attached hydrogens (tertiary/aromatic N) is 4. The third kappa shape index (κ3) is 2.94. The molecule has 1 aromatic heterocycles. The number of ether oxygens (including phenoxy) is 2. The van der Waals surface area contributed by atoms with Gasteiger partial charge in [-0.15, -0.1) is 5.10 Å². The third-order valence-electron chi connectivity index (χ3n) is 5.48. The van der Waals surface area contributed by atoms with Gasteiger partial charge >= 0.3 is 0 Å². The van der Waals surface area contributed by atoms with Crippen LogP contribution in [-0.4, -0.2) is 76.5 Å². The molecule has 0 aromatic carbocycles. The van der Waals surface area contributed by atoms with Gasteiger partial charge in [0.1, 0.15) is 12.1 Å². The number of amides is 1. The number of aliphatic hydroxyl groups is 1. The Labute approximate surface area is 140 Å². The molecule has 2 atom stereocenters. The van der Waals surface area contributed by atoms with Crippen molar-refractivity contribution in [3.63, 3.8) is 0 Å². The van der Waals surface area contributed by atoms with E-state index in [-0.39, 0.29) is 17.4 Å². The fraction of sp³-hybridized carbons (Fsp3) is 0.812. The molecule has 1 N–H and O–H groups in total.